The molecule has 0 spiro atoms. The van der Waals surface area contributed by atoms with Crippen molar-refractivity contribution in [1.29, 1.82) is 0 Å². The highest BCUT2D eigenvalue weighted by molar-refractivity contribution is 7.85. The molecule has 0 aromatic heterocycles. The molecule has 1 aromatic rings. The first kappa shape index (κ1) is 26.6. The fraction of sp³-hybridized carbons (Fsp3) is 0.727. The van der Waals surface area contributed by atoms with Crippen LogP contribution in [0.4, 0.5) is 0 Å². The van der Waals surface area contributed by atoms with Gasteiger partial charge in [0.25, 0.3) is 10.1 Å². The molecule has 1 N–H and O–H groups in total. The number of aryl methyl sites for hydroxylation is 1. The third-order valence-corrected chi connectivity index (χ3v) is 5.97. The summed E-state index contributed by atoms with van der Waals surface area (Å²) in [7, 11) is -1.40. The molecule has 1 atom stereocenters. The summed E-state index contributed by atoms with van der Waals surface area (Å²) in [6.45, 7) is 4.43. The molecule has 158 valence electrons. The second-order valence-corrected chi connectivity index (χ2v) is 9.12. The smallest absolute Gasteiger partial charge is 0.282 e. The number of unbranched alkanes of at least 4 members (excludes halogenated alkanes) is 10. The van der Waals surface area contributed by atoms with Crippen LogP contribution in [0.2, 0.25) is 0 Å². The van der Waals surface area contributed by atoms with Gasteiger partial charge in [-0.25, -0.2) is 0 Å². The Hall–Kier alpha value is -0.440. The maximum atomic E-state index is 11.3. The van der Waals surface area contributed by atoms with E-state index < -0.39 is 10.1 Å². The van der Waals surface area contributed by atoms with Gasteiger partial charge in [-0.05, 0) is 30.6 Å². The second-order valence-electron chi connectivity index (χ2n) is 7.16. The van der Waals surface area contributed by atoms with Gasteiger partial charge >= 0.3 is 0 Å². The zero-order valence-electron chi connectivity index (χ0n) is 17.5. The number of rotatable bonds is 14. The molecule has 3 nitrogen and oxygen atoms in total. The first-order valence-corrected chi connectivity index (χ1v) is 13.0. The van der Waals surface area contributed by atoms with Gasteiger partial charge in [-0.3, -0.25) is 4.55 Å². The van der Waals surface area contributed by atoms with Crippen molar-refractivity contribution in [3.8, 4) is 0 Å². The molecule has 0 saturated heterocycles. The van der Waals surface area contributed by atoms with Gasteiger partial charge in [0.1, 0.15) is 0 Å². The highest BCUT2D eigenvalue weighted by Crippen LogP contribution is 2.18. The molecule has 27 heavy (non-hydrogen) atoms. The van der Waals surface area contributed by atoms with E-state index in [2.05, 4.69) is 23.1 Å². The Morgan fingerprint density at radius 3 is 1.70 bits per heavy atom. The quantitative estimate of drug-likeness (QED) is 0.201. The summed E-state index contributed by atoms with van der Waals surface area (Å²) in [5, 5.41) is 0. The van der Waals surface area contributed by atoms with E-state index in [1.165, 1.54) is 76.4 Å². The molecular weight excluding hydrogens is 375 g/mol. The van der Waals surface area contributed by atoms with Crippen LogP contribution in [-0.2, 0) is 16.5 Å². The maximum Gasteiger partial charge on any atom is 0.294 e. The first-order valence-electron chi connectivity index (χ1n) is 10.7. The van der Waals surface area contributed by atoms with Crippen molar-refractivity contribution in [3.63, 3.8) is 0 Å². The van der Waals surface area contributed by atoms with E-state index in [1.807, 2.05) is 6.07 Å². The minimum absolute atomic E-state index is 0.0610. The fourth-order valence-electron chi connectivity index (χ4n) is 2.97. The van der Waals surface area contributed by atoms with Crippen LogP contribution in [-0.4, -0.2) is 19.1 Å². The molecule has 0 aliphatic heterocycles. The highest BCUT2D eigenvalue weighted by atomic mass is 32.2. The summed E-state index contributed by atoms with van der Waals surface area (Å²) < 4.78 is 31.8. The van der Waals surface area contributed by atoms with Crippen LogP contribution in [0.5, 0.6) is 0 Å². The van der Waals surface area contributed by atoms with E-state index in [1.54, 1.807) is 12.1 Å². The Kier molecular flexibility index (Phi) is 17.4. The Bertz CT molecular complexity index is 556. The lowest BCUT2D eigenvalue weighted by Crippen LogP contribution is -2.03. The van der Waals surface area contributed by atoms with E-state index in [0.29, 0.717) is 6.42 Å². The average Bonchev–Trinajstić information content (AvgIpc) is 2.64. The molecule has 5 heteroatoms. The third kappa shape index (κ3) is 15.2. The summed E-state index contributed by atoms with van der Waals surface area (Å²) in [4.78, 5) is 0.0610. The van der Waals surface area contributed by atoms with Crippen LogP contribution >= 0.6 is 9.24 Å². The van der Waals surface area contributed by atoms with Crippen molar-refractivity contribution in [3.05, 3.63) is 29.8 Å². The van der Waals surface area contributed by atoms with E-state index in [0.717, 1.165) is 18.4 Å². The molecule has 0 aliphatic carbocycles. The van der Waals surface area contributed by atoms with E-state index in [-0.39, 0.29) is 4.90 Å². The van der Waals surface area contributed by atoms with E-state index in [4.69, 9.17) is 0 Å². The van der Waals surface area contributed by atoms with Gasteiger partial charge in [0, 0.05) is 0 Å². The average molecular weight is 417 g/mol. The van der Waals surface area contributed by atoms with Gasteiger partial charge in [0.05, 0.1) is 4.90 Å². The van der Waals surface area contributed by atoms with Crippen LogP contribution in [0.3, 0.4) is 0 Å². The lowest BCUT2D eigenvalue weighted by Gasteiger charge is -2.07. The summed E-state index contributed by atoms with van der Waals surface area (Å²) in [5.74, 6) is 0. The maximum absolute atomic E-state index is 11.3. The first-order chi connectivity index (χ1) is 13.0. The minimum atomic E-state index is -4.10. The van der Waals surface area contributed by atoms with Gasteiger partial charge in [0.2, 0.25) is 0 Å². The lowest BCUT2D eigenvalue weighted by molar-refractivity contribution is 0.481. The Balaban J connectivity index is 0.00000119. The van der Waals surface area contributed by atoms with Crippen molar-refractivity contribution in [2.45, 2.75) is 102 Å². The topological polar surface area (TPSA) is 54.4 Å². The largest absolute Gasteiger partial charge is 0.294 e. The predicted molar refractivity (Wildman–Crippen MR) is 121 cm³/mol. The molecule has 0 aliphatic rings. The normalized spacial score (nSPS) is 11.1. The van der Waals surface area contributed by atoms with Crippen LogP contribution in [0, 0.1) is 0 Å². The summed E-state index contributed by atoms with van der Waals surface area (Å²) in [6.07, 6.45) is 17.2. The Morgan fingerprint density at radius 1 is 0.778 bits per heavy atom. The predicted octanol–water partition coefficient (Wildman–Crippen LogP) is 7.06. The molecule has 1 aromatic carbocycles. The monoisotopic (exact) mass is 416 g/mol. The zero-order chi connectivity index (χ0) is 20.4. The van der Waals surface area contributed by atoms with Crippen molar-refractivity contribution in [2.24, 2.45) is 0 Å². The second kappa shape index (κ2) is 17.6. The van der Waals surface area contributed by atoms with Crippen LogP contribution < -0.4 is 0 Å². The third-order valence-electron chi connectivity index (χ3n) is 4.61. The molecular formula is C22H41O3PS. The standard InChI is InChI=1S/C18H30O3S.C4H11P/c1-2-3-4-5-6-7-8-9-10-11-14-17-15-12-13-16-18(17)22(19,20)21;1-2-3-4-5/h12-13,15-16H,2-11,14H2,1H3,(H,19,20,21);2-5H2,1H3. The highest BCUT2D eigenvalue weighted by Gasteiger charge is 2.13. The van der Waals surface area contributed by atoms with Crippen molar-refractivity contribution < 1.29 is 13.0 Å². The van der Waals surface area contributed by atoms with Gasteiger partial charge in [-0.15, -0.1) is 9.24 Å². The number of hydrogen-bond acceptors (Lipinski definition) is 2. The Labute approximate surface area is 170 Å². The summed E-state index contributed by atoms with van der Waals surface area (Å²) in [6, 6.07) is 6.73. The summed E-state index contributed by atoms with van der Waals surface area (Å²) >= 11 is 0. The molecule has 1 rings (SSSR count). The molecule has 1 unspecified atom stereocenters. The van der Waals surface area contributed by atoms with E-state index in [9.17, 15) is 13.0 Å². The molecule has 0 fully saturated rings. The van der Waals surface area contributed by atoms with Crippen LogP contribution in [0.25, 0.3) is 0 Å². The van der Waals surface area contributed by atoms with Crippen molar-refractivity contribution in [2.75, 3.05) is 6.16 Å². The van der Waals surface area contributed by atoms with E-state index >= 15 is 0 Å². The molecule has 0 heterocycles. The van der Waals surface area contributed by atoms with Gasteiger partial charge < -0.3 is 0 Å². The molecule has 0 amide bonds. The SMILES string of the molecule is CCCCCCCCCCCCc1ccccc1S(=O)(=O)O.CCCCP. The molecule has 0 bridgehead atoms. The van der Waals surface area contributed by atoms with Crippen molar-refractivity contribution in [1.82, 2.24) is 0 Å². The Morgan fingerprint density at radius 2 is 1.26 bits per heavy atom. The van der Waals surface area contributed by atoms with Gasteiger partial charge in [0.15, 0.2) is 0 Å². The number of hydrogen-bond donors (Lipinski definition) is 1. The fourth-order valence-corrected chi connectivity index (χ4v) is 4.13. The number of benzene rings is 1. The van der Waals surface area contributed by atoms with Crippen LogP contribution in [0.15, 0.2) is 29.2 Å². The van der Waals surface area contributed by atoms with Crippen LogP contribution in [0.1, 0.15) is 96.5 Å². The van der Waals surface area contributed by atoms with Gasteiger partial charge in [-0.1, -0.05) is 103 Å². The summed E-state index contributed by atoms with van der Waals surface area (Å²) in [5.41, 5.74) is 0.726. The minimum Gasteiger partial charge on any atom is -0.282 e. The zero-order valence-corrected chi connectivity index (χ0v) is 19.4. The molecule has 0 saturated carbocycles. The lowest BCUT2D eigenvalue weighted by atomic mass is 10.0. The van der Waals surface area contributed by atoms with Crippen molar-refractivity contribution >= 4 is 19.4 Å². The molecule has 0 radical (unpaired) electrons. The van der Waals surface area contributed by atoms with Gasteiger partial charge in [-0.2, -0.15) is 8.42 Å².